The summed E-state index contributed by atoms with van der Waals surface area (Å²) in [5.41, 5.74) is -4.05. The highest BCUT2D eigenvalue weighted by atomic mass is 19.4. The SMILES string of the molecule is CCCc1cc(C(O)(C(F)(F)F)C(F)(F)F)ccc1Oc1cccc(CN(C=O)C(=O)NC(C)c2ccc(C)cc2)c1. The average Bonchev–Trinajstić information content (AvgIpc) is 2.91. The van der Waals surface area contributed by atoms with Gasteiger partial charge in [0.2, 0.25) is 6.41 Å². The molecule has 42 heavy (non-hydrogen) atoms. The van der Waals surface area contributed by atoms with Gasteiger partial charge in [0.15, 0.2) is 0 Å². The normalized spacial score (nSPS) is 12.9. The molecule has 0 fully saturated rings. The first-order valence-electron chi connectivity index (χ1n) is 13.0. The van der Waals surface area contributed by atoms with E-state index in [1.165, 1.54) is 12.1 Å². The number of halogens is 6. The molecule has 12 heteroatoms. The van der Waals surface area contributed by atoms with Crippen molar-refractivity contribution in [3.63, 3.8) is 0 Å². The number of amides is 3. The molecule has 0 radical (unpaired) electrons. The monoisotopic (exact) mass is 596 g/mol. The molecule has 3 aromatic rings. The Bertz CT molecular complexity index is 1380. The van der Waals surface area contributed by atoms with Gasteiger partial charge in [-0.3, -0.25) is 9.69 Å². The second-order valence-corrected chi connectivity index (χ2v) is 9.84. The van der Waals surface area contributed by atoms with Gasteiger partial charge in [-0.05, 0) is 61.2 Å². The molecule has 3 aromatic carbocycles. The molecule has 0 aliphatic rings. The summed E-state index contributed by atoms with van der Waals surface area (Å²) in [5.74, 6) is 0.153. The fraction of sp³-hybridized carbons (Fsp3) is 0.333. The number of urea groups is 1. The summed E-state index contributed by atoms with van der Waals surface area (Å²) >= 11 is 0. The number of nitrogens with zero attached hydrogens (tertiary/aromatic N) is 1. The number of hydrogen-bond acceptors (Lipinski definition) is 4. The van der Waals surface area contributed by atoms with E-state index < -0.39 is 29.5 Å². The molecule has 3 amide bonds. The molecule has 0 aliphatic heterocycles. The van der Waals surface area contributed by atoms with Crippen molar-refractivity contribution in [3.05, 3.63) is 94.5 Å². The maximum absolute atomic E-state index is 13.4. The molecule has 0 heterocycles. The van der Waals surface area contributed by atoms with Crippen LogP contribution >= 0.6 is 0 Å². The number of ether oxygens (including phenoxy) is 1. The van der Waals surface area contributed by atoms with Crippen LogP contribution in [0.5, 0.6) is 11.5 Å². The smallest absolute Gasteiger partial charge is 0.430 e. The summed E-state index contributed by atoms with van der Waals surface area (Å²) in [6.45, 7) is 5.23. The molecule has 0 aliphatic carbocycles. The van der Waals surface area contributed by atoms with E-state index >= 15 is 0 Å². The van der Waals surface area contributed by atoms with Gasteiger partial charge in [-0.1, -0.05) is 61.4 Å². The largest absolute Gasteiger partial charge is 0.457 e. The summed E-state index contributed by atoms with van der Waals surface area (Å²) in [5, 5.41) is 12.5. The van der Waals surface area contributed by atoms with Gasteiger partial charge in [-0.15, -0.1) is 0 Å². The van der Waals surface area contributed by atoms with E-state index in [1.807, 2.05) is 31.2 Å². The number of aryl methyl sites for hydroxylation is 2. The number of carbonyl (C=O) groups excluding carboxylic acids is 2. The maximum Gasteiger partial charge on any atom is 0.430 e. The highest BCUT2D eigenvalue weighted by molar-refractivity contribution is 5.84. The first-order valence-corrected chi connectivity index (χ1v) is 13.0. The second kappa shape index (κ2) is 12.8. The fourth-order valence-electron chi connectivity index (χ4n) is 4.25. The lowest BCUT2D eigenvalue weighted by Gasteiger charge is -2.33. The predicted octanol–water partition coefficient (Wildman–Crippen LogP) is 7.48. The van der Waals surface area contributed by atoms with Crippen LogP contribution in [0.4, 0.5) is 31.1 Å². The number of aliphatic hydroxyl groups is 1. The van der Waals surface area contributed by atoms with Crippen molar-refractivity contribution in [1.82, 2.24) is 10.2 Å². The van der Waals surface area contributed by atoms with E-state index in [4.69, 9.17) is 4.74 Å². The zero-order chi connectivity index (χ0) is 31.3. The maximum atomic E-state index is 13.4. The van der Waals surface area contributed by atoms with Crippen molar-refractivity contribution >= 4 is 12.4 Å². The van der Waals surface area contributed by atoms with Crippen molar-refractivity contribution in [3.8, 4) is 11.5 Å². The Hall–Kier alpha value is -4.06. The first-order chi connectivity index (χ1) is 19.6. The molecule has 1 unspecified atom stereocenters. The minimum absolute atomic E-state index is 0.0126. The lowest BCUT2D eigenvalue weighted by atomic mass is 9.90. The Morgan fingerprint density at radius 1 is 1.00 bits per heavy atom. The van der Waals surface area contributed by atoms with Crippen molar-refractivity contribution < 1.29 is 45.8 Å². The molecule has 0 saturated carbocycles. The highest BCUT2D eigenvalue weighted by Gasteiger charge is 2.71. The van der Waals surface area contributed by atoms with Crippen LogP contribution in [0.3, 0.4) is 0 Å². The summed E-state index contributed by atoms with van der Waals surface area (Å²) in [4.78, 5) is 25.4. The first kappa shape index (κ1) is 32.5. The Labute approximate surface area is 238 Å². The lowest BCUT2D eigenvalue weighted by molar-refractivity contribution is -0.376. The summed E-state index contributed by atoms with van der Waals surface area (Å²) in [7, 11) is 0. The number of benzene rings is 3. The van der Waals surface area contributed by atoms with E-state index in [1.54, 1.807) is 26.0 Å². The van der Waals surface area contributed by atoms with E-state index in [0.717, 1.165) is 22.1 Å². The molecule has 226 valence electrons. The Kier molecular flexibility index (Phi) is 9.93. The fourth-order valence-corrected chi connectivity index (χ4v) is 4.25. The van der Waals surface area contributed by atoms with Crippen molar-refractivity contribution in [1.29, 1.82) is 0 Å². The van der Waals surface area contributed by atoms with Crippen molar-refractivity contribution in [2.24, 2.45) is 0 Å². The summed E-state index contributed by atoms with van der Waals surface area (Å²) < 4.78 is 86.2. The minimum atomic E-state index is -6.01. The van der Waals surface area contributed by atoms with Gasteiger partial charge in [0, 0.05) is 5.56 Å². The standard InChI is InChI=1S/C30H30F6N2O4/c1-4-6-23-16-24(28(41,29(31,32)33)30(34,35)36)13-14-26(23)42-25-8-5-7-21(15-25)17-38(18-39)27(40)37-20(3)22-11-9-19(2)10-12-22/h5,7-16,18,20,41H,4,6,17H2,1-3H3,(H,37,40). The van der Waals surface area contributed by atoms with Gasteiger partial charge in [0.1, 0.15) is 11.5 Å². The van der Waals surface area contributed by atoms with Crippen LogP contribution in [-0.4, -0.2) is 34.8 Å². The van der Waals surface area contributed by atoms with E-state index in [9.17, 15) is 41.0 Å². The molecule has 1 atom stereocenters. The number of rotatable bonds is 10. The number of carbonyl (C=O) groups is 2. The molecular formula is C30H30F6N2O4. The summed E-state index contributed by atoms with van der Waals surface area (Å²) in [6.07, 6.45) is -11.2. The molecule has 3 rings (SSSR count). The second-order valence-electron chi connectivity index (χ2n) is 9.84. The number of imide groups is 1. The van der Waals surface area contributed by atoms with Gasteiger partial charge in [-0.25, -0.2) is 4.79 Å². The van der Waals surface area contributed by atoms with E-state index in [2.05, 4.69) is 5.32 Å². The average molecular weight is 597 g/mol. The Morgan fingerprint density at radius 3 is 2.21 bits per heavy atom. The van der Waals surface area contributed by atoms with Crippen LogP contribution in [0, 0.1) is 6.92 Å². The zero-order valence-electron chi connectivity index (χ0n) is 23.0. The van der Waals surface area contributed by atoms with Gasteiger partial charge < -0.3 is 15.2 Å². The highest BCUT2D eigenvalue weighted by Crippen LogP contribution is 2.50. The van der Waals surface area contributed by atoms with Crippen molar-refractivity contribution in [2.75, 3.05) is 0 Å². The number of hydrogen-bond donors (Lipinski definition) is 2. The van der Waals surface area contributed by atoms with Gasteiger partial charge in [-0.2, -0.15) is 26.3 Å². The van der Waals surface area contributed by atoms with Gasteiger partial charge >= 0.3 is 18.4 Å². The third kappa shape index (κ3) is 7.22. The molecule has 0 aromatic heterocycles. The molecule has 0 spiro atoms. The molecule has 6 nitrogen and oxygen atoms in total. The molecule has 2 N–H and O–H groups in total. The lowest BCUT2D eigenvalue weighted by Crippen LogP contribution is -2.53. The molecule has 0 bridgehead atoms. The van der Waals surface area contributed by atoms with Gasteiger partial charge in [0.05, 0.1) is 12.6 Å². The van der Waals surface area contributed by atoms with Crippen LogP contribution in [-0.2, 0) is 23.4 Å². The third-order valence-corrected chi connectivity index (χ3v) is 6.60. The Morgan fingerprint density at radius 2 is 1.64 bits per heavy atom. The third-order valence-electron chi connectivity index (χ3n) is 6.60. The van der Waals surface area contributed by atoms with Crippen LogP contribution < -0.4 is 10.1 Å². The minimum Gasteiger partial charge on any atom is -0.457 e. The molecular weight excluding hydrogens is 566 g/mol. The zero-order valence-corrected chi connectivity index (χ0v) is 23.0. The van der Waals surface area contributed by atoms with Crippen LogP contribution in [0.25, 0.3) is 0 Å². The molecule has 0 saturated heterocycles. The summed E-state index contributed by atoms with van der Waals surface area (Å²) in [6, 6.07) is 14.7. The van der Waals surface area contributed by atoms with Crippen LogP contribution in [0.1, 0.15) is 54.1 Å². The van der Waals surface area contributed by atoms with Crippen LogP contribution in [0.15, 0.2) is 66.7 Å². The number of alkyl halides is 6. The number of nitrogens with one attached hydrogen (secondary N) is 1. The Balaban J connectivity index is 1.81. The predicted molar refractivity (Wildman–Crippen MR) is 143 cm³/mol. The van der Waals surface area contributed by atoms with E-state index in [-0.39, 0.29) is 36.1 Å². The topological polar surface area (TPSA) is 78.9 Å². The van der Waals surface area contributed by atoms with Crippen molar-refractivity contribution in [2.45, 2.75) is 64.2 Å². The van der Waals surface area contributed by atoms with Crippen LogP contribution in [0.2, 0.25) is 0 Å². The van der Waals surface area contributed by atoms with Gasteiger partial charge in [0.25, 0.3) is 5.60 Å². The van der Waals surface area contributed by atoms with E-state index in [0.29, 0.717) is 30.5 Å². The quantitative estimate of drug-likeness (QED) is 0.188.